The minimum Gasteiger partial charge on any atom is -0.495 e. The molecule has 2 heterocycles. The third-order valence-electron chi connectivity index (χ3n) is 6.06. The molecule has 0 aromatic heterocycles. The molecule has 0 radical (unpaired) electrons. The average Bonchev–Trinajstić information content (AvgIpc) is 2.76. The summed E-state index contributed by atoms with van der Waals surface area (Å²) in [6, 6.07) is 17.3. The van der Waals surface area contributed by atoms with Crippen LogP contribution in [0.2, 0.25) is 5.02 Å². The van der Waals surface area contributed by atoms with Crippen molar-refractivity contribution in [1.29, 1.82) is 0 Å². The van der Waals surface area contributed by atoms with E-state index in [4.69, 9.17) is 16.3 Å². The summed E-state index contributed by atoms with van der Waals surface area (Å²) in [7, 11) is 1.76. The van der Waals surface area contributed by atoms with Gasteiger partial charge in [-0.3, -0.25) is 9.80 Å². The monoisotopic (exact) mass is 399 g/mol. The lowest BCUT2D eigenvalue weighted by molar-refractivity contribution is 0.0887. The van der Waals surface area contributed by atoms with Crippen molar-refractivity contribution in [3.8, 4) is 5.75 Å². The molecule has 0 spiro atoms. The lowest BCUT2D eigenvalue weighted by atomic mass is 10.0. The fourth-order valence-corrected chi connectivity index (χ4v) is 4.67. The number of piperazine rings is 1. The smallest absolute Gasteiger partial charge is 0.142 e. The summed E-state index contributed by atoms with van der Waals surface area (Å²) in [6.45, 7) is 7.75. The number of hydrogen-bond donors (Lipinski definition) is 0. The molecule has 5 heteroatoms. The molecule has 2 aromatic carbocycles. The first-order valence-corrected chi connectivity index (χ1v) is 10.7. The molecule has 2 saturated heterocycles. The van der Waals surface area contributed by atoms with Crippen molar-refractivity contribution >= 4 is 17.3 Å². The Bertz CT molecular complexity index is 759. The molecule has 0 aliphatic carbocycles. The zero-order valence-corrected chi connectivity index (χ0v) is 17.4. The average molecular weight is 400 g/mol. The van der Waals surface area contributed by atoms with Crippen LogP contribution in [0.5, 0.6) is 5.75 Å². The molecule has 0 N–H and O–H groups in total. The summed E-state index contributed by atoms with van der Waals surface area (Å²) in [5, 5.41) is 0.813. The van der Waals surface area contributed by atoms with Gasteiger partial charge in [0.25, 0.3) is 0 Å². The maximum atomic E-state index is 6.02. The molecular weight excluding hydrogens is 370 g/mol. The Morgan fingerprint density at radius 1 is 0.964 bits per heavy atom. The fourth-order valence-electron chi connectivity index (χ4n) is 4.54. The topological polar surface area (TPSA) is 19.0 Å². The lowest BCUT2D eigenvalue weighted by Gasteiger charge is -2.44. The van der Waals surface area contributed by atoms with E-state index in [0.29, 0.717) is 6.04 Å². The van der Waals surface area contributed by atoms with Gasteiger partial charge < -0.3 is 9.64 Å². The van der Waals surface area contributed by atoms with Crippen molar-refractivity contribution in [3.63, 3.8) is 0 Å². The van der Waals surface area contributed by atoms with E-state index in [-0.39, 0.29) is 0 Å². The van der Waals surface area contributed by atoms with E-state index >= 15 is 0 Å². The Balaban J connectivity index is 1.32. The van der Waals surface area contributed by atoms with E-state index in [2.05, 4.69) is 45.0 Å². The van der Waals surface area contributed by atoms with Crippen molar-refractivity contribution < 1.29 is 4.74 Å². The van der Waals surface area contributed by atoms with Crippen LogP contribution >= 0.6 is 11.6 Å². The molecule has 150 valence electrons. The van der Waals surface area contributed by atoms with E-state index in [1.54, 1.807) is 7.11 Å². The van der Waals surface area contributed by atoms with Gasteiger partial charge in [0, 0.05) is 50.3 Å². The number of ether oxygens (including phenoxy) is 1. The van der Waals surface area contributed by atoms with Gasteiger partial charge in [-0.1, -0.05) is 35.9 Å². The van der Waals surface area contributed by atoms with Crippen molar-refractivity contribution in [2.75, 3.05) is 51.3 Å². The van der Waals surface area contributed by atoms with Crippen LogP contribution in [0.4, 0.5) is 5.69 Å². The van der Waals surface area contributed by atoms with E-state index in [9.17, 15) is 0 Å². The predicted octanol–water partition coefficient (Wildman–Crippen LogP) is 4.14. The number of rotatable bonds is 5. The first-order chi connectivity index (χ1) is 13.7. The molecule has 0 saturated carbocycles. The highest BCUT2D eigenvalue weighted by Gasteiger charge is 2.28. The van der Waals surface area contributed by atoms with E-state index in [1.807, 2.05) is 18.2 Å². The molecule has 1 atom stereocenters. The number of methoxy groups -OCH3 is 1. The Kier molecular flexibility index (Phi) is 6.40. The largest absolute Gasteiger partial charge is 0.495 e. The normalized spacial score (nSPS) is 21.6. The summed E-state index contributed by atoms with van der Waals surface area (Å²) >= 11 is 6.02. The third-order valence-corrected chi connectivity index (χ3v) is 6.31. The number of benzene rings is 2. The molecular formula is C23H30ClN3O. The first-order valence-electron chi connectivity index (χ1n) is 10.3. The number of likely N-dealkylation sites (tertiary alicyclic amines) is 1. The van der Waals surface area contributed by atoms with Crippen LogP contribution in [0.1, 0.15) is 18.4 Å². The van der Waals surface area contributed by atoms with Crippen molar-refractivity contribution in [3.05, 3.63) is 59.1 Å². The van der Waals surface area contributed by atoms with Crippen molar-refractivity contribution in [2.24, 2.45) is 0 Å². The highest BCUT2D eigenvalue weighted by Crippen LogP contribution is 2.29. The number of anilines is 1. The Hall–Kier alpha value is -1.75. The van der Waals surface area contributed by atoms with Crippen molar-refractivity contribution in [2.45, 2.75) is 25.4 Å². The quantitative estimate of drug-likeness (QED) is 0.752. The third kappa shape index (κ3) is 4.62. The molecule has 0 amide bonds. The second kappa shape index (κ2) is 9.17. The minimum atomic E-state index is 0.667. The molecule has 4 rings (SSSR count). The molecule has 2 aliphatic rings. The standard InChI is InChI=1S/C23H30ClN3O/c1-28-23-7-3-2-6-22(23)27-15-13-26(14-16-27)21-5-4-12-25(18-21)17-19-8-10-20(24)11-9-19/h2-3,6-11,21H,4-5,12-18H2,1H3/t21-/m1/s1. The Morgan fingerprint density at radius 2 is 1.71 bits per heavy atom. The van der Waals surface area contributed by atoms with Gasteiger partial charge >= 0.3 is 0 Å². The van der Waals surface area contributed by atoms with Crippen LogP contribution in [-0.4, -0.2) is 62.2 Å². The molecule has 4 nitrogen and oxygen atoms in total. The van der Waals surface area contributed by atoms with Crippen molar-refractivity contribution in [1.82, 2.24) is 9.80 Å². The number of piperidine rings is 1. The second-order valence-corrected chi connectivity index (χ2v) is 8.29. The van der Waals surface area contributed by atoms with Gasteiger partial charge in [0.2, 0.25) is 0 Å². The maximum absolute atomic E-state index is 6.02. The van der Waals surface area contributed by atoms with Crippen LogP contribution in [0.3, 0.4) is 0 Å². The lowest BCUT2D eigenvalue weighted by Crippen LogP contribution is -2.55. The van der Waals surface area contributed by atoms with Gasteiger partial charge in [-0.15, -0.1) is 0 Å². The molecule has 2 fully saturated rings. The van der Waals surface area contributed by atoms with Crippen LogP contribution in [-0.2, 0) is 6.54 Å². The summed E-state index contributed by atoms with van der Waals surface area (Å²) in [5.74, 6) is 0.975. The van der Waals surface area contributed by atoms with E-state index < -0.39 is 0 Å². The SMILES string of the molecule is COc1ccccc1N1CCN([C@@H]2CCCN(Cc3ccc(Cl)cc3)C2)CC1. The van der Waals surface area contributed by atoms with Crippen LogP contribution < -0.4 is 9.64 Å². The van der Waals surface area contributed by atoms with E-state index in [1.165, 1.54) is 30.6 Å². The van der Waals surface area contributed by atoms with Gasteiger partial charge in [-0.2, -0.15) is 0 Å². The Labute approximate surface area is 173 Å². The molecule has 2 aromatic rings. The van der Waals surface area contributed by atoms with Crippen LogP contribution in [0.15, 0.2) is 48.5 Å². The second-order valence-electron chi connectivity index (χ2n) is 7.85. The molecule has 28 heavy (non-hydrogen) atoms. The summed E-state index contributed by atoms with van der Waals surface area (Å²) in [5.41, 5.74) is 2.57. The summed E-state index contributed by atoms with van der Waals surface area (Å²) < 4.78 is 5.55. The molecule has 0 unspecified atom stereocenters. The number of nitrogens with zero attached hydrogens (tertiary/aromatic N) is 3. The van der Waals surface area contributed by atoms with Gasteiger partial charge in [0.1, 0.15) is 5.75 Å². The first kappa shape index (κ1) is 19.6. The van der Waals surface area contributed by atoms with Crippen LogP contribution in [0.25, 0.3) is 0 Å². The Morgan fingerprint density at radius 3 is 2.46 bits per heavy atom. The van der Waals surface area contributed by atoms with Crippen LogP contribution in [0, 0.1) is 0 Å². The molecule has 2 aliphatic heterocycles. The van der Waals surface area contributed by atoms with Gasteiger partial charge in [-0.05, 0) is 49.2 Å². The highest BCUT2D eigenvalue weighted by atomic mass is 35.5. The maximum Gasteiger partial charge on any atom is 0.142 e. The van der Waals surface area contributed by atoms with Gasteiger partial charge in [-0.25, -0.2) is 0 Å². The minimum absolute atomic E-state index is 0.667. The number of para-hydroxylation sites is 2. The molecule has 0 bridgehead atoms. The zero-order valence-electron chi connectivity index (χ0n) is 16.7. The number of hydrogen-bond acceptors (Lipinski definition) is 4. The van der Waals surface area contributed by atoms with Gasteiger partial charge in [0.15, 0.2) is 0 Å². The summed E-state index contributed by atoms with van der Waals surface area (Å²) in [4.78, 5) is 7.76. The predicted molar refractivity (Wildman–Crippen MR) is 117 cm³/mol. The highest BCUT2D eigenvalue weighted by molar-refractivity contribution is 6.30. The zero-order chi connectivity index (χ0) is 19.3. The van der Waals surface area contributed by atoms with E-state index in [0.717, 1.165) is 50.0 Å². The summed E-state index contributed by atoms with van der Waals surface area (Å²) in [6.07, 6.45) is 2.59. The van der Waals surface area contributed by atoms with Gasteiger partial charge in [0.05, 0.1) is 12.8 Å². The fraction of sp³-hybridized carbons (Fsp3) is 0.478. The number of halogens is 1.